The van der Waals surface area contributed by atoms with Gasteiger partial charge in [0.05, 0.1) is 42.0 Å². The van der Waals surface area contributed by atoms with Gasteiger partial charge in [-0.25, -0.2) is 0 Å². The number of ether oxygens (including phenoxy) is 3. The van der Waals surface area contributed by atoms with Crippen molar-refractivity contribution >= 4 is 40.7 Å². The third-order valence-electron chi connectivity index (χ3n) is 5.09. The number of methoxy groups -OCH3 is 2. The van der Waals surface area contributed by atoms with Crippen molar-refractivity contribution in [2.75, 3.05) is 27.4 Å². The van der Waals surface area contributed by atoms with Gasteiger partial charge < -0.3 is 24.2 Å². The summed E-state index contributed by atoms with van der Waals surface area (Å²) in [6, 6.07) is 9.06. The average molecular weight is 494 g/mol. The highest BCUT2D eigenvalue weighted by molar-refractivity contribution is 6.46. The van der Waals surface area contributed by atoms with E-state index in [-0.39, 0.29) is 46.2 Å². The lowest BCUT2D eigenvalue weighted by Gasteiger charge is -2.25. The van der Waals surface area contributed by atoms with Gasteiger partial charge in [-0.15, -0.1) is 0 Å². The number of likely N-dealkylation sites (tertiary alicyclic amines) is 1. The number of Topliss-reactive ketones (excluding diaryl/α,β-unsaturated/α-hetero) is 1. The van der Waals surface area contributed by atoms with Gasteiger partial charge in [-0.3, -0.25) is 9.59 Å². The van der Waals surface area contributed by atoms with Crippen LogP contribution in [0.3, 0.4) is 0 Å². The highest BCUT2D eigenvalue weighted by Gasteiger charge is 2.46. The summed E-state index contributed by atoms with van der Waals surface area (Å²) in [6.07, 6.45) is -0.0713. The van der Waals surface area contributed by atoms with Crippen molar-refractivity contribution in [1.82, 2.24) is 4.90 Å². The monoisotopic (exact) mass is 493 g/mol. The van der Waals surface area contributed by atoms with Gasteiger partial charge in [-0.2, -0.15) is 0 Å². The highest BCUT2D eigenvalue weighted by Crippen LogP contribution is 2.43. The molecule has 1 N–H and O–H groups in total. The summed E-state index contributed by atoms with van der Waals surface area (Å²) in [5, 5.41) is 11.7. The Morgan fingerprint density at radius 1 is 1.15 bits per heavy atom. The molecule has 2 aromatic carbocycles. The van der Waals surface area contributed by atoms with Gasteiger partial charge in [0.25, 0.3) is 11.7 Å². The first-order valence-electron chi connectivity index (χ1n) is 10.3. The number of aliphatic hydroxyl groups is 1. The van der Waals surface area contributed by atoms with E-state index < -0.39 is 23.5 Å². The van der Waals surface area contributed by atoms with Crippen LogP contribution in [0.5, 0.6) is 11.5 Å². The number of rotatable bonds is 8. The molecule has 0 bridgehead atoms. The predicted octanol–water partition coefficient (Wildman–Crippen LogP) is 4.86. The highest BCUT2D eigenvalue weighted by atomic mass is 35.5. The van der Waals surface area contributed by atoms with E-state index in [4.69, 9.17) is 37.4 Å². The number of nitrogens with zero attached hydrogens (tertiary/aromatic N) is 1. The number of benzene rings is 2. The smallest absolute Gasteiger partial charge is 0.295 e. The standard InChI is InChI=1S/C24H25Cl2NO6/c1-13(2)33-16-7-5-6-14(10-16)20-19(22(29)24(30)27(20)8-9-31-3)21(28)17-11-15(25)12-18(26)23(17)32-4/h5-7,10-13,20,28H,8-9H2,1-4H3/b21-19+. The van der Waals surface area contributed by atoms with E-state index in [0.29, 0.717) is 11.3 Å². The minimum atomic E-state index is -0.877. The second-order valence-corrected chi connectivity index (χ2v) is 8.54. The molecule has 1 fully saturated rings. The Hall–Kier alpha value is -2.74. The molecule has 0 aromatic heterocycles. The molecule has 1 atom stereocenters. The van der Waals surface area contributed by atoms with Crippen LogP contribution in [-0.4, -0.2) is 55.2 Å². The number of ketones is 1. The third kappa shape index (κ3) is 5.11. The number of halogens is 2. The predicted molar refractivity (Wildman–Crippen MR) is 126 cm³/mol. The van der Waals surface area contributed by atoms with Crippen molar-refractivity contribution in [2.45, 2.75) is 26.0 Å². The molecule has 33 heavy (non-hydrogen) atoms. The van der Waals surface area contributed by atoms with E-state index in [1.165, 1.54) is 31.3 Å². The number of aliphatic hydroxyl groups excluding tert-OH is 1. The van der Waals surface area contributed by atoms with Gasteiger partial charge in [0, 0.05) is 18.7 Å². The normalized spacial score (nSPS) is 17.7. The molecule has 1 aliphatic heterocycles. The molecule has 1 unspecified atom stereocenters. The zero-order valence-electron chi connectivity index (χ0n) is 18.7. The maximum atomic E-state index is 13.1. The Kier molecular flexibility index (Phi) is 7.89. The molecule has 2 aromatic rings. The molecule has 0 radical (unpaired) electrons. The molecule has 1 heterocycles. The fourth-order valence-electron chi connectivity index (χ4n) is 3.77. The van der Waals surface area contributed by atoms with E-state index in [1.54, 1.807) is 24.3 Å². The lowest BCUT2D eigenvalue weighted by molar-refractivity contribution is -0.140. The molecule has 1 saturated heterocycles. The molecule has 0 aliphatic carbocycles. The largest absolute Gasteiger partial charge is 0.507 e. The summed E-state index contributed by atoms with van der Waals surface area (Å²) in [5.41, 5.74) is 0.603. The maximum absolute atomic E-state index is 13.1. The summed E-state index contributed by atoms with van der Waals surface area (Å²) in [6.45, 7) is 4.14. The zero-order chi connectivity index (χ0) is 24.3. The number of hydrogen-bond acceptors (Lipinski definition) is 6. The van der Waals surface area contributed by atoms with Crippen molar-refractivity contribution in [2.24, 2.45) is 0 Å². The first-order chi connectivity index (χ1) is 15.7. The first-order valence-corrected chi connectivity index (χ1v) is 11.0. The molecule has 1 amide bonds. The van der Waals surface area contributed by atoms with Crippen molar-refractivity contribution in [3.8, 4) is 11.5 Å². The lowest BCUT2D eigenvalue weighted by Crippen LogP contribution is -2.32. The Balaban J connectivity index is 2.24. The lowest BCUT2D eigenvalue weighted by atomic mass is 9.95. The molecular formula is C24H25Cl2NO6. The van der Waals surface area contributed by atoms with Crippen molar-refractivity contribution in [1.29, 1.82) is 0 Å². The molecule has 1 aliphatic rings. The van der Waals surface area contributed by atoms with Gasteiger partial charge in [0.2, 0.25) is 0 Å². The van der Waals surface area contributed by atoms with Crippen molar-refractivity contribution in [3.63, 3.8) is 0 Å². The Labute approximate surface area is 202 Å². The minimum absolute atomic E-state index is 0.0713. The summed E-state index contributed by atoms with van der Waals surface area (Å²) in [7, 11) is 2.88. The van der Waals surface area contributed by atoms with Crippen LogP contribution in [0.4, 0.5) is 0 Å². The zero-order valence-corrected chi connectivity index (χ0v) is 20.2. The minimum Gasteiger partial charge on any atom is -0.507 e. The Morgan fingerprint density at radius 3 is 2.52 bits per heavy atom. The number of amides is 1. The van der Waals surface area contributed by atoms with Crippen molar-refractivity contribution < 1.29 is 28.9 Å². The van der Waals surface area contributed by atoms with Crippen LogP contribution < -0.4 is 9.47 Å². The molecular weight excluding hydrogens is 469 g/mol. The molecule has 7 nitrogen and oxygen atoms in total. The summed E-state index contributed by atoms with van der Waals surface area (Å²) in [5.74, 6) is -1.31. The number of carbonyl (C=O) groups is 2. The fraction of sp³-hybridized carbons (Fsp3) is 0.333. The number of carbonyl (C=O) groups excluding carboxylic acids is 2. The van der Waals surface area contributed by atoms with E-state index in [0.717, 1.165) is 0 Å². The van der Waals surface area contributed by atoms with Crippen LogP contribution in [0.2, 0.25) is 10.0 Å². The van der Waals surface area contributed by atoms with Gasteiger partial charge in [-0.1, -0.05) is 35.3 Å². The Bertz CT molecular complexity index is 1100. The van der Waals surface area contributed by atoms with Crippen LogP contribution in [0.1, 0.15) is 31.0 Å². The third-order valence-corrected chi connectivity index (χ3v) is 5.59. The Morgan fingerprint density at radius 2 is 1.88 bits per heavy atom. The van der Waals surface area contributed by atoms with Gasteiger partial charge in [-0.05, 0) is 43.7 Å². The summed E-state index contributed by atoms with van der Waals surface area (Å²) < 4.78 is 16.3. The first kappa shape index (κ1) is 24.9. The molecule has 0 saturated carbocycles. The summed E-state index contributed by atoms with van der Waals surface area (Å²) >= 11 is 12.4. The maximum Gasteiger partial charge on any atom is 0.295 e. The van der Waals surface area contributed by atoms with Gasteiger partial charge >= 0.3 is 0 Å². The molecule has 9 heteroatoms. The second-order valence-electron chi connectivity index (χ2n) is 7.69. The van der Waals surface area contributed by atoms with Crippen LogP contribution in [0.15, 0.2) is 42.0 Å². The second kappa shape index (κ2) is 10.5. The topological polar surface area (TPSA) is 85.3 Å². The van der Waals surface area contributed by atoms with Crippen LogP contribution in [-0.2, 0) is 14.3 Å². The molecule has 3 rings (SSSR count). The van der Waals surface area contributed by atoms with Gasteiger partial charge in [0.15, 0.2) is 0 Å². The van der Waals surface area contributed by atoms with E-state index >= 15 is 0 Å². The SMILES string of the molecule is COCCN1C(=O)C(=O)/C(=C(/O)c2cc(Cl)cc(Cl)c2OC)C1c1cccc(OC(C)C)c1. The summed E-state index contributed by atoms with van der Waals surface area (Å²) in [4.78, 5) is 27.4. The molecule has 0 spiro atoms. The van der Waals surface area contributed by atoms with E-state index in [2.05, 4.69) is 0 Å². The van der Waals surface area contributed by atoms with Crippen LogP contribution >= 0.6 is 23.2 Å². The van der Waals surface area contributed by atoms with E-state index in [1.807, 2.05) is 13.8 Å². The van der Waals surface area contributed by atoms with E-state index in [9.17, 15) is 14.7 Å². The number of hydrogen-bond donors (Lipinski definition) is 1. The average Bonchev–Trinajstić information content (AvgIpc) is 3.01. The van der Waals surface area contributed by atoms with Crippen LogP contribution in [0, 0.1) is 0 Å². The van der Waals surface area contributed by atoms with Crippen molar-refractivity contribution in [3.05, 3.63) is 63.1 Å². The van der Waals surface area contributed by atoms with Gasteiger partial charge in [0.1, 0.15) is 17.3 Å². The fourth-order valence-corrected chi connectivity index (χ4v) is 4.34. The van der Waals surface area contributed by atoms with Crippen LogP contribution in [0.25, 0.3) is 5.76 Å². The quantitative estimate of drug-likeness (QED) is 0.321. The molecule has 176 valence electrons.